The van der Waals surface area contributed by atoms with E-state index in [1.165, 1.54) is 51.7 Å². The smallest absolute Gasteiger partial charge is 0.00104 e. The fraction of sp³-hybridized carbons (Fsp3) is 1.00. The Morgan fingerprint density at radius 3 is 2.50 bits per heavy atom. The Kier molecular flexibility index (Phi) is 4.62. The van der Waals surface area contributed by atoms with E-state index >= 15 is 0 Å². The highest BCUT2D eigenvalue weighted by Crippen LogP contribution is 2.09. The summed E-state index contributed by atoms with van der Waals surface area (Å²) in [5, 5.41) is 0. The van der Waals surface area contributed by atoms with Gasteiger partial charge in [0.25, 0.3) is 0 Å². The van der Waals surface area contributed by atoms with Gasteiger partial charge in [-0.1, -0.05) is 6.42 Å². The van der Waals surface area contributed by atoms with Crippen molar-refractivity contribution in [3.05, 3.63) is 0 Å². The Labute approximate surface area is 76.1 Å². The molecule has 1 aliphatic heterocycles. The Morgan fingerprint density at radius 2 is 1.92 bits per heavy atom. The van der Waals surface area contributed by atoms with Gasteiger partial charge in [-0.05, 0) is 52.2 Å². The maximum Gasteiger partial charge on any atom is 0.00104 e. The molecule has 72 valence electrons. The molecular formula is C10H22N2. The van der Waals surface area contributed by atoms with E-state index in [-0.39, 0.29) is 0 Å². The second-order valence-corrected chi connectivity index (χ2v) is 4.02. The molecule has 0 aromatic heterocycles. The van der Waals surface area contributed by atoms with Crippen LogP contribution >= 0.6 is 0 Å². The van der Waals surface area contributed by atoms with Crippen LogP contribution in [0.4, 0.5) is 0 Å². The van der Waals surface area contributed by atoms with Crippen molar-refractivity contribution in [1.82, 2.24) is 4.90 Å². The van der Waals surface area contributed by atoms with E-state index in [2.05, 4.69) is 11.8 Å². The van der Waals surface area contributed by atoms with E-state index in [0.29, 0.717) is 6.04 Å². The lowest BCUT2D eigenvalue weighted by Gasteiger charge is -2.14. The van der Waals surface area contributed by atoms with Crippen molar-refractivity contribution in [2.24, 2.45) is 5.73 Å². The van der Waals surface area contributed by atoms with Crippen LogP contribution in [0.1, 0.15) is 39.0 Å². The highest BCUT2D eigenvalue weighted by molar-refractivity contribution is 4.66. The lowest BCUT2D eigenvalue weighted by molar-refractivity contribution is 0.327. The largest absolute Gasteiger partial charge is 0.328 e. The number of hydrogen-bond acceptors (Lipinski definition) is 2. The van der Waals surface area contributed by atoms with Crippen molar-refractivity contribution in [1.29, 1.82) is 0 Å². The zero-order chi connectivity index (χ0) is 8.81. The average molecular weight is 170 g/mol. The van der Waals surface area contributed by atoms with E-state index in [9.17, 15) is 0 Å². The van der Waals surface area contributed by atoms with E-state index in [4.69, 9.17) is 5.73 Å². The number of nitrogens with zero attached hydrogens (tertiary/aromatic N) is 1. The fourth-order valence-corrected chi connectivity index (χ4v) is 1.81. The van der Waals surface area contributed by atoms with Crippen molar-refractivity contribution < 1.29 is 0 Å². The molecule has 0 spiro atoms. The van der Waals surface area contributed by atoms with E-state index < -0.39 is 0 Å². The van der Waals surface area contributed by atoms with Gasteiger partial charge in [0, 0.05) is 6.04 Å². The van der Waals surface area contributed by atoms with Crippen molar-refractivity contribution in [3.63, 3.8) is 0 Å². The zero-order valence-corrected chi connectivity index (χ0v) is 8.26. The van der Waals surface area contributed by atoms with Gasteiger partial charge in [0.1, 0.15) is 0 Å². The van der Waals surface area contributed by atoms with Crippen LogP contribution in [-0.4, -0.2) is 30.6 Å². The predicted octanol–water partition coefficient (Wildman–Crippen LogP) is 1.60. The molecule has 1 atom stereocenters. The number of likely N-dealkylation sites (tertiary alicyclic amines) is 1. The number of hydrogen-bond donors (Lipinski definition) is 1. The quantitative estimate of drug-likeness (QED) is 0.635. The van der Waals surface area contributed by atoms with Crippen LogP contribution < -0.4 is 5.73 Å². The van der Waals surface area contributed by atoms with Crippen LogP contribution in [0.25, 0.3) is 0 Å². The zero-order valence-electron chi connectivity index (χ0n) is 8.26. The molecule has 0 radical (unpaired) electrons. The Hall–Kier alpha value is -0.0800. The van der Waals surface area contributed by atoms with Crippen LogP contribution in [0.2, 0.25) is 0 Å². The van der Waals surface area contributed by atoms with E-state index in [1.54, 1.807) is 0 Å². The van der Waals surface area contributed by atoms with Gasteiger partial charge in [0.2, 0.25) is 0 Å². The first-order valence-electron chi connectivity index (χ1n) is 5.27. The second kappa shape index (κ2) is 5.55. The maximum atomic E-state index is 5.67. The van der Waals surface area contributed by atoms with Gasteiger partial charge in [0.15, 0.2) is 0 Å². The molecule has 0 aromatic carbocycles. The van der Waals surface area contributed by atoms with Gasteiger partial charge in [-0.15, -0.1) is 0 Å². The summed E-state index contributed by atoms with van der Waals surface area (Å²) in [6.45, 7) is 6.05. The SMILES string of the molecule is CC(N)CCCCN1CCCC1. The summed E-state index contributed by atoms with van der Waals surface area (Å²) in [7, 11) is 0. The Morgan fingerprint density at radius 1 is 1.25 bits per heavy atom. The first kappa shape index (κ1) is 10.0. The first-order valence-corrected chi connectivity index (χ1v) is 5.27. The van der Waals surface area contributed by atoms with Crippen molar-refractivity contribution >= 4 is 0 Å². The fourth-order valence-electron chi connectivity index (χ4n) is 1.81. The molecule has 1 fully saturated rings. The lowest BCUT2D eigenvalue weighted by Crippen LogP contribution is -2.21. The van der Waals surface area contributed by atoms with Crippen LogP contribution in [0.5, 0.6) is 0 Å². The maximum absolute atomic E-state index is 5.67. The van der Waals surface area contributed by atoms with Crippen molar-refractivity contribution in [2.45, 2.75) is 45.1 Å². The third-order valence-electron chi connectivity index (χ3n) is 2.58. The molecule has 2 heteroatoms. The molecule has 1 heterocycles. The highest BCUT2D eigenvalue weighted by atomic mass is 15.1. The second-order valence-electron chi connectivity index (χ2n) is 4.02. The molecule has 0 aromatic rings. The number of nitrogens with two attached hydrogens (primary N) is 1. The van der Waals surface area contributed by atoms with Crippen LogP contribution in [0, 0.1) is 0 Å². The third-order valence-corrected chi connectivity index (χ3v) is 2.58. The third kappa shape index (κ3) is 4.07. The van der Waals surface area contributed by atoms with E-state index in [1.807, 2.05) is 0 Å². The normalized spacial score (nSPS) is 21.5. The Balaban J connectivity index is 1.88. The van der Waals surface area contributed by atoms with Gasteiger partial charge >= 0.3 is 0 Å². The monoisotopic (exact) mass is 170 g/mol. The first-order chi connectivity index (χ1) is 5.79. The van der Waals surface area contributed by atoms with Gasteiger partial charge < -0.3 is 10.6 Å². The molecule has 12 heavy (non-hydrogen) atoms. The summed E-state index contributed by atoms with van der Waals surface area (Å²) in [5.41, 5.74) is 5.67. The number of unbranched alkanes of at least 4 members (excludes halogenated alkanes) is 1. The molecule has 2 nitrogen and oxygen atoms in total. The molecule has 1 unspecified atom stereocenters. The van der Waals surface area contributed by atoms with Gasteiger partial charge in [0.05, 0.1) is 0 Å². The van der Waals surface area contributed by atoms with Crippen LogP contribution in [0.15, 0.2) is 0 Å². The van der Waals surface area contributed by atoms with Crippen molar-refractivity contribution in [3.8, 4) is 0 Å². The summed E-state index contributed by atoms with van der Waals surface area (Å²) in [4.78, 5) is 2.57. The van der Waals surface area contributed by atoms with Gasteiger partial charge in [-0.25, -0.2) is 0 Å². The molecule has 0 amide bonds. The topological polar surface area (TPSA) is 29.3 Å². The minimum Gasteiger partial charge on any atom is -0.328 e. The lowest BCUT2D eigenvalue weighted by atomic mass is 10.1. The van der Waals surface area contributed by atoms with Crippen LogP contribution in [-0.2, 0) is 0 Å². The summed E-state index contributed by atoms with van der Waals surface area (Å²) >= 11 is 0. The molecule has 0 bridgehead atoms. The highest BCUT2D eigenvalue weighted by Gasteiger charge is 2.09. The summed E-state index contributed by atoms with van der Waals surface area (Å²) in [5.74, 6) is 0. The Bertz CT molecular complexity index is 106. The summed E-state index contributed by atoms with van der Waals surface area (Å²) < 4.78 is 0. The molecule has 2 N–H and O–H groups in total. The standard InChI is InChI=1S/C10H22N2/c1-10(11)6-2-3-7-12-8-4-5-9-12/h10H,2-9,11H2,1H3. The molecule has 0 saturated carbocycles. The molecular weight excluding hydrogens is 148 g/mol. The minimum atomic E-state index is 0.392. The van der Waals surface area contributed by atoms with Gasteiger partial charge in [-0.2, -0.15) is 0 Å². The van der Waals surface area contributed by atoms with Crippen molar-refractivity contribution in [2.75, 3.05) is 19.6 Å². The molecule has 0 aliphatic carbocycles. The van der Waals surface area contributed by atoms with Gasteiger partial charge in [-0.3, -0.25) is 0 Å². The summed E-state index contributed by atoms with van der Waals surface area (Å²) in [6, 6.07) is 0.392. The number of rotatable bonds is 5. The molecule has 1 rings (SSSR count). The summed E-state index contributed by atoms with van der Waals surface area (Å²) in [6.07, 6.45) is 6.64. The van der Waals surface area contributed by atoms with Crippen LogP contribution in [0.3, 0.4) is 0 Å². The predicted molar refractivity (Wildman–Crippen MR) is 53.2 cm³/mol. The minimum absolute atomic E-state index is 0.392. The molecule has 1 aliphatic rings. The van der Waals surface area contributed by atoms with E-state index in [0.717, 1.165) is 0 Å². The average Bonchev–Trinajstić information content (AvgIpc) is 2.49. The molecule has 1 saturated heterocycles.